The molecule has 0 saturated carbocycles. The van der Waals surface area contributed by atoms with Crippen LogP contribution in [0.3, 0.4) is 0 Å². The van der Waals surface area contributed by atoms with Crippen molar-refractivity contribution in [3.05, 3.63) is 0 Å². The first-order valence-electron chi connectivity index (χ1n) is 2.31. The Labute approximate surface area is 49.4 Å². The molecule has 1 aliphatic heterocycles. The molecule has 1 fully saturated rings. The van der Waals surface area contributed by atoms with E-state index in [0.29, 0.717) is 0 Å². The lowest BCUT2D eigenvalue weighted by molar-refractivity contribution is 0.914. The Morgan fingerprint density at radius 3 is 2.43 bits per heavy atom. The minimum absolute atomic E-state index is 0.668. The van der Waals surface area contributed by atoms with Crippen LogP contribution < -0.4 is 5.09 Å². The minimum Gasteiger partial charge on any atom is -0.283 e. The van der Waals surface area contributed by atoms with E-state index < -0.39 is 7.00 Å². The van der Waals surface area contributed by atoms with Gasteiger partial charge in [-0.1, -0.05) is 11.8 Å². The van der Waals surface area contributed by atoms with Crippen LogP contribution in [-0.4, -0.2) is 24.8 Å². The van der Waals surface area contributed by atoms with Gasteiger partial charge in [0.15, 0.2) is 0 Å². The SMILES string of the molecule is CN[PH](=S)N1CC1. The average molecular weight is 136 g/mol. The molecular formula is C3H9N2PS. The topological polar surface area (TPSA) is 15.0 Å². The van der Waals surface area contributed by atoms with Crippen LogP contribution in [0.1, 0.15) is 0 Å². The molecule has 0 radical (unpaired) electrons. The first-order valence-corrected chi connectivity index (χ1v) is 4.89. The van der Waals surface area contributed by atoms with Crippen molar-refractivity contribution in [2.75, 3.05) is 20.1 Å². The highest BCUT2D eigenvalue weighted by Crippen LogP contribution is 2.28. The zero-order valence-electron chi connectivity index (χ0n) is 4.27. The Kier molecular flexibility index (Phi) is 1.81. The Balaban J connectivity index is 2.24. The van der Waals surface area contributed by atoms with Crippen molar-refractivity contribution in [1.82, 2.24) is 9.76 Å². The molecule has 0 aromatic rings. The lowest BCUT2D eigenvalue weighted by atomic mass is 11.0. The summed E-state index contributed by atoms with van der Waals surface area (Å²) in [5.74, 6) is 0. The first kappa shape index (κ1) is 5.70. The molecule has 0 aliphatic carbocycles. The maximum Gasteiger partial charge on any atom is 0.0624 e. The number of nitrogens with one attached hydrogen (secondary N) is 1. The summed E-state index contributed by atoms with van der Waals surface area (Å²) in [7, 11) is 1.93. The highest BCUT2D eigenvalue weighted by molar-refractivity contribution is 8.03. The van der Waals surface area contributed by atoms with Crippen LogP contribution in [0.25, 0.3) is 0 Å². The first-order chi connectivity index (χ1) is 3.34. The van der Waals surface area contributed by atoms with Crippen molar-refractivity contribution in [3.8, 4) is 0 Å². The number of rotatable bonds is 2. The van der Waals surface area contributed by atoms with Crippen molar-refractivity contribution >= 4 is 18.8 Å². The number of hydrogen-bond acceptors (Lipinski definition) is 1. The van der Waals surface area contributed by atoms with Gasteiger partial charge in [0.05, 0.1) is 7.00 Å². The van der Waals surface area contributed by atoms with Crippen molar-refractivity contribution < 1.29 is 0 Å². The third-order valence-corrected chi connectivity index (χ3v) is 3.78. The number of nitrogens with zero attached hydrogens (tertiary/aromatic N) is 1. The second-order valence-electron chi connectivity index (χ2n) is 1.54. The lowest BCUT2D eigenvalue weighted by Crippen LogP contribution is -1.96. The molecule has 0 spiro atoms. The molecule has 1 saturated heterocycles. The second kappa shape index (κ2) is 2.23. The fourth-order valence-electron chi connectivity index (χ4n) is 0.411. The summed E-state index contributed by atoms with van der Waals surface area (Å²) in [6.07, 6.45) is 0. The zero-order valence-corrected chi connectivity index (χ0v) is 6.09. The van der Waals surface area contributed by atoms with Crippen molar-refractivity contribution in [3.63, 3.8) is 0 Å². The van der Waals surface area contributed by atoms with E-state index in [1.54, 1.807) is 0 Å². The molecule has 7 heavy (non-hydrogen) atoms. The summed E-state index contributed by atoms with van der Waals surface area (Å²) in [6, 6.07) is 0. The Morgan fingerprint density at radius 1 is 1.71 bits per heavy atom. The van der Waals surface area contributed by atoms with Crippen molar-refractivity contribution in [2.24, 2.45) is 0 Å². The van der Waals surface area contributed by atoms with Crippen LogP contribution in [0.2, 0.25) is 0 Å². The van der Waals surface area contributed by atoms with Gasteiger partial charge in [0.2, 0.25) is 0 Å². The maximum absolute atomic E-state index is 5.04. The van der Waals surface area contributed by atoms with Crippen LogP contribution in [0.4, 0.5) is 0 Å². The average Bonchev–Trinajstić information content (AvgIpc) is 2.44. The molecule has 0 aromatic carbocycles. The van der Waals surface area contributed by atoms with Gasteiger partial charge in [0, 0.05) is 13.1 Å². The van der Waals surface area contributed by atoms with Gasteiger partial charge in [0.1, 0.15) is 0 Å². The molecule has 42 valence electrons. The van der Waals surface area contributed by atoms with Crippen LogP contribution in [-0.2, 0) is 11.8 Å². The van der Waals surface area contributed by atoms with Gasteiger partial charge in [0.25, 0.3) is 0 Å². The zero-order chi connectivity index (χ0) is 5.28. The Morgan fingerprint density at radius 2 is 2.29 bits per heavy atom. The van der Waals surface area contributed by atoms with Crippen LogP contribution in [0, 0.1) is 0 Å². The molecule has 0 aromatic heterocycles. The summed E-state index contributed by atoms with van der Waals surface area (Å²) >= 11 is 5.04. The van der Waals surface area contributed by atoms with E-state index in [9.17, 15) is 0 Å². The van der Waals surface area contributed by atoms with E-state index in [4.69, 9.17) is 11.8 Å². The molecule has 1 rings (SSSR count). The summed E-state index contributed by atoms with van der Waals surface area (Å²) in [5.41, 5.74) is 0. The molecule has 4 heteroatoms. The fraction of sp³-hybridized carbons (Fsp3) is 1.00. The summed E-state index contributed by atoms with van der Waals surface area (Å²) in [5, 5.41) is 3.07. The van der Waals surface area contributed by atoms with Gasteiger partial charge < -0.3 is 0 Å². The lowest BCUT2D eigenvalue weighted by Gasteiger charge is -1.98. The highest BCUT2D eigenvalue weighted by Gasteiger charge is 2.18. The van der Waals surface area contributed by atoms with Gasteiger partial charge in [-0.3, -0.25) is 9.76 Å². The standard InChI is InChI=1S/C3H9N2PS/c1-4-6(7)5-2-3-5/h6H,2-3H2,1H3,(H,4,7). The summed E-state index contributed by atoms with van der Waals surface area (Å²) in [6.45, 7) is 1.77. The van der Waals surface area contributed by atoms with E-state index in [1.807, 2.05) is 7.05 Å². The minimum atomic E-state index is -0.668. The van der Waals surface area contributed by atoms with Crippen LogP contribution in [0.5, 0.6) is 0 Å². The molecule has 2 nitrogen and oxygen atoms in total. The molecule has 1 atom stereocenters. The van der Waals surface area contributed by atoms with E-state index in [2.05, 4.69) is 9.76 Å². The molecule has 0 amide bonds. The van der Waals surface area contributed by atoms with Crippen molar-refractivity contribution in [1.29, 1.82) is 0 Å². The van der Waals surface area contributed by atoms with E-state index >= 15 is 0 Å². The number of hydrogen-bond donors (Lipinski definition) is 1. The summed E-state index contributed by atoms with van der Waals surface area (Å²) < 4.78 is 2.28. The third-order valence-electron chi connectivity index (χ3n) is 0.948. The predicted molar refractivity (Wildman–Crippen MR) is 36.3 cm³/mol. The monoisotopic (exact) mass is 136 g/mol. The Bertz CT molecular complexity index is 90.9. The quantitative estimate of drug-likeness (QED) is 0.426. The van der Waals surface area contributed by atoms with Gasteiger partial charge in [-0.05, 0) is 7.05 Å². The molecule has 0 bridgehead atoms. The van der Waals surface area contributed by atoms with E-state index in [0.717, 1.165) is 0 Å². The second-order valence-corrected chi connectivity index (χ2v) is 4.45. The largest absolute Gasteiger partial charge is 0.283 e. The predicted octanol–water partition coefficient (Wildman–Crippen LogP) is 0.0275. The van der Waals surface area contributed by atoms with Crippen molar-refractivity contribution in [2.45, 2.75) is 0 Å². The molecule has 1 heterocycles. The third kappa shape index (κ3) is 1.50. The van der Waals surface area contributed by atoms with Gasteiger partial charge in [-0.2, -0.15) is 0 Å². The van der Waals surface area contributed by atoms with Gasteiger partial charge in [-0.15, -0.1) is 0 Å². The highest BCUT2D eigenvalue weighted by atomic mass is 32.4. The van der Waals surface area contributed by atoms with E-state index in [1.165, 1.54) is 13.1 Å². The normalized spacial score (nSPS) is 24.7. The molecule has 1 aliphatic rings. The molecule has 1 N–H and O–H groups in total. The van der Waals surface area contributed by atoms with Gasteiger partial charge >= 0.3 is 0 Å². The van der Waals surface area contributed by atoms with Gasteiger partial charge in [-0.25, -0.2) is 0 Å². The van der Waals surface area contributed by atoms with Crippen LogP contribution in [0.15, 0.2) is 0 Å². The smallest absolute Gasteiger partial charge is 0.0624 e. The van der Waals surface area contributed by atoms with Crippen LogP contribution >= 0.6 is 7.00 Å². The maximum atomic E-state index is 5.04. The molecular weight excluding hydrogens is 127 g/mol. The Hall–Kier alpha value is 0.570. The summed E-state index contributed by atoms with van der Waals surface area (Å²) in [4.78, 5) is 0. The fourth-order valence-corrected chi connectivity index (χ4v) is 1.78. The molecule has 1 unspecified atom stereocenters. The van der Waals surface area contributed by atoms with E-state index in [-0.39, 0.29) is 0 Å².